The second-order valence-electron chi connectivity index (χ2n) is 8.02. The number of thiazole rings is 1. The van der Waals surface area contributed by atoms with Gasteiger partial charge in [0.2, 0.25) is 0 Å². The highest BCUT2D eigenvalue weighted by atomic mass is 32.1. The third kappa shape index (κ3) is 5.69. The molecule has 1 aliphatic rings. The largest absolute Gasteiger partial charge is 0.482 e. The van der Waals surface area contributed by atoms with Crippen LogP contribution >= 0.6 is 11.3 Å². The molecule has 1 aliphatic heterocycles. The van der Waals surface area contributed by atoms with E-state index in [1.54, 1.807) is 63.2 Å². The quantitative estimate of drug-likeness (QED) is 0.421. The van der Waals surface area contributed by atoms with Crippen molar-refractivity contribution in [1.82, 2.24) is 4.57 Å². The maximum Gasteiger partial charge on any atom is 0.344 e. The van der Waals surface area contributed by atoms with E-state index in [0.29, 0.717) is 26.3 Å². The maximum absolute atomic E-state index is 13.7. The molecule has 0 spiro atoms. The number of aromatic nitrogens is 1. The molecule has 4 rings (SSSR count). The van der Waals surface area contributed by atoms with Crippen molar-refractivity contribution in [1.29, 1.82) is 0 Å². The first-order valence-corrected chi connectivity index (χ1v) is 12.5. The van der Waals surface area contributed by atoms with Crippen LogP contribution in [-0.2, 0) is 19.1 Å². The van der Waals surface area contributed by atoms with Gasteiger partial charge in [0, 0.05) is 0 Å². The number of halogens is 1. The number of allylic oxidation sites excluding steroid dienone is 1. The molecule has 3 aromatic rings. The molecule has 2 aromatic carbocycles. The van der Waals surface area contributed by atoms with E-state index in [4.69, 9.17) is 14.2 Å². The van der Waals surface area contributed by atoms with E-state index in [1.165, 1.54) is 28.0 Å². The van der Waals surface area contributed by atoms with E-state index >= 15 is 0 Å². The lowest BCUT2D eigenvalue weighted by molar-refractivity contribution is -0.145. The Labute approximate surface area is 215 Å². The highest BCUT2D eigenvalue weighted by Gasteiger charge is 2.33. The van der Waals surface area contributed by atoms with E-state index in [0.717, 1.165) is 5.56 Å². The number of ether oxygens (including phenoxy) is 3. The monoisotopic (exact) mass is 524 g/mol. The zero-order chi connectivity index (χ0) is 26.5. The van der Waals surface area contributed by atoms with Gasteiger partial charge in [-0.2, -0.15) is 0 Å². The van der Waals surface area contributed by atoms with Crippen molar-refractivity contribution in [3.8, 4) is 5.75 Å². The molecule has 0 radical (unpaired) electrons. The highest BCUT2D eigenvalue weighted by molar-refractivity contribution is 7.07. The molecular weight excluding hydrogens is 499 g/mol. The van der Waals surface area contributed by atoms with Gasteiger partial charge in [-0.15, -0.1) is 0 Å². The van der Waals surface area contributed by atoms with E-state index in [9.17, 15) is 18.8 Å². The van der Waals surface area contributed by atoms with E-state index in [-0.39, 0.29) is 31.0 Å². The third-order valence-electron chi connectivity index (χ3n) is 5.54. The Kier molecular flexibility index (Phi) is 7.98. The van der Waals surface area contributed by atoms with Gasteiger partial charge in [-0.25, -0.2) is 19.0 Å². The number of carbonyl (C=O) groups is 2. The Morgan fingerprint density at radius 1 is 1.05 bits per heavy atom. The van der Waals surface area contributed by atoms with E-state index < -0.39 is 23.8 Å². The van der Waals surface area contributed by atoms with Crippen LogP contribution in [0.5, 0.6) is 5.75 Å². The zero-order valence-corrected chi connectivity index (χ0v) is 21.3. The Morgan fingerprint density at radius 3 is 2.38 bits per heavy atom. The number of benzene rings is 2. The van der Waals surface area contributed by atoms with Crippen molar-refractivity contribution >= 4 is 29.4 Å². The number of hydrogen-bond donors (Lipinski definition) is 0. The van der Waals surface area contributed by atoms with Crippen LogP contribution in [0.1, 0.15) is 37.9 Å². The lowest BCUT2D eigenvalue weighted by Crippen LogP contribution is -2.39. The first-order valence-electron chi connectivity index (χ1n) is 11.7. The molecule has 37 heavy (non-hydrogen) atoms. The molecule has 0 N–H and O–H groups in total. The fourth-order valence-electron chi connectivity index (χ4n) is 3.91. The summed E-state index contributed by atoms with van der Waals surface area (Å²) in [6, 6.07) is 11.7. The van der Waals surface area contributed by atoms with Crippen molar-refractivity contribution in [2.75, 3.05) is 19.8 Å². The second-order valence-corrected chi connectivity index (χ2v) is 9.03. The van der Waals surface area contributed by atoms with Gasteiger partial charge in [0.15, 0.2) is 11.4 Å². The molecule has 10 heteroatoms. The minimum Gasteiger partial charge on any atom is -0.482 e. The lowest BCUT2D eigenvalue weighted by atomic mass is 9.96. The predicted molar refractivity (Wildman–Crippen MR) is 135 cm³/mol. The van der Waals surface area contributed by atoms with Crippen molar-refractivity contribution in [3.05, 3.63) is 96.4 Å². The summed E-state index contributed by atoms with van der Waals surface area (Å²) in [5.74, 6) is -0.978. The molecule has 0 amide bonds. The third-order valence-corrected chi connectivity index (χ3v) is 6.53. The minimum absolute atomic E-state index is 0.162. The van der Waals surface area contributed by atoms with Gasteiger partial charge in [-0.3, -0.25) is 9.36 Å². The summed E-state index contributed by atoms with van der Waals surface area (Å²) in [5.41, 5.74) is 1.62. The van der Waals surface area contributed by atoms with Gasteiger partial charge in [0.05, 0.1) is 35.1 Å². The minimum atomic E-state index is -0.809. The summed E-state index contributed by atoms with van der Waals surface area (Å²) in [7, 11) is 0. The Bertz CT molecular complexity index is 1520. The van der Waals surface area contributed by atoms with Crippen molar-refractivity contribution in [3.63, 3.8) is 0 Å². The Balaban J connectivity index is 1.73. The summed E-state index contributed by atoms with van der Waals surface area (Å²) in [5, 5.41) is 0. The molecular formula is C27H25FN2O6S. The molecule has 1 aromatic heterocycles. The number of fused-ring (bicyclic) bond motifs is 1. The van der Waals surface area contributed by atoms with Crippen LogP contribution in [0.25, 0.3) is 6.08 Å². The number of rotatable bonds is 8. The van der Waals surface area contributed by atoms with Gasteiger partial charge in [0.1, 0.15) is 11.6 Å². The standard InChI is InChI=1S/C27H25FN2O6S/c1-4-34-22(31)15-36-20-12-6-17(7-13-20)14-21-25(32)30-24(18-8-10-19(28)11-9-18)23(26(33)35-5-2)16(3)29-27(30)37-21/h6-14,24H,4-5,15H2,1-3H3/b21-14-/t24-/m0/s1. The van der Waals surface area contributed by atoms with Gasteiger partial charge < -0.3 is 14.2 Å². The average Bonchev–Trinajstić information content (AvgIpc) is 3.18. The smallest absolute Gasteiger partial charge is 0.344 e. The Morgan fingerprint density at radius 2 is 1.73 bits per heavy atom. The average molecular weight is 525 g/mol. The number of nitrogens with zero attached hydrogens (tertiary/aromatic N) is 2. The summed E-state index contributed by atoms with van der Waals surface area (Å²) in [6.07, 6.45) is 1.71. The normalized spacial score (nSPS) is 15.1. The molecule has 0 fully saturated rings. The number of esters is 2. The van der Waals surface area contributed by atoms with Crippen LogP contribution in [0.15, 0.2) is 69.6 Å². The Hall–Kier alpha value is -4.05. The van der Waals surface area contributed by atoms with Crippen LogP contribution < -0.4 is 19.6 Å². The molecule has 1 atom stereocenters. The van der Waals surface area contributed by atoms with Crippen LogP contribution in [0.2, 0.25) is 0 Å². The van der Waals surface area contributed by atoms with E-state index in [1.807, 2.05) is 0 Å². The number of hydrogen-bond acceptors (Lipinski definition) is 8. The van der Waals surface area contributed by atoms with Crippen LogP contribution in [0, 0.1) is 5.82 Å². The number of carbonyl (C=O) groups excluding carboxylic acids is 2. The first kappa shape index (κ1) is 26.0. The topological polar surface area (TPSA) is 96.2 Å². The summed E-state index contributed by atoms with van der Waals surface area (Å²) >= 11 is 1.19. The summed E-state index contributed by atoms with van der Waals surface area (Å²) < 4.78 is 31.0. The molecule has 8 nitrogen and oxygen atoms in total. The first-order chi connectivity index (χ1) is 17.8. The highest BCUT2D eigenvalue weighted by Crippen LogP contribution is 2.30. The summed E-state index contributed by atoms with van der Waals surface area (Å²) in [4.78, 5) is 42.9. The fraction of sp³-hybridized carbons (Fsp3) is 0.259. The fourth-order valence-corrected chi connectivity index (χ4v) is 4.96. The second kappa shape index (κ2) is 11.3. The molecule has 2 heterocycles. The molecule has 0 unspecified atom stereocenters. The zero-order valence-electron chi connectivity index (χ0n) is 20.5. The lowest BCUT2D eigenvalue weighted by Gasteiger charge is -2.24. The molecule has 0 bridgehead atoms. The molecule has 192 valence electrons. The molecule has 0 saturated heterocycles. The SMILES string of the molecule is CCOC(=O)COc1ccc(/C=c2\sc3n(c2=O)[C@@H](c2ccc(F)cc2)C(C(=O)OCC)=C(C)N=3)cc1. The van der Waals surface area contributed by atoms with Gasteiger partial charge in [-0.05, 0) is 62.2 Å². The maximum atomic E-state index is 13.7. The van der Waals surface area contributed by atoms with E-state index in [2.05, 4.69) is 4.99 Å². The van der Waals surface area contributed by atoms with Gasteiger partial charge >= 0.3 is 11.9 Å². The molecule has 0 aliphatic carbocycles. The van der Waals surface area contributed by atoms with Crippen molar-refractivity contribution in [2.45, 2.75) is 26.8 Å². The van der Waals surface area contributed by atoms with Crippen molar-refractivity contribution in [2.24, 2.45) is 4.99 Å². The van der Waals surface area contributed by atoms with Crippen LogP contribution in [0.3, 0.4) is 0 Å². The van der Waals surface area contributed by atoms with Crippen LogP contribution in [-0.4, -0.2) is 36.3 Å². The van der Waals surface area contributed by atoms with Gasteiger partial charge in [0.25, 0.3) is 5.56 Å². The predicted octanol–water partition coefficient (Wildman–Crippen LogP) is 2.88. The summed E-state index contributed by atoms with van der Waals surface area (Å²) in [6.45, 7) is 5.35. The van der Waals surface area contributed by atoms with Crippen LogP contribution in [0.4, 0.5) is 4.39 Å². The van der Waals surface area contributed by atoms with Gasteiger partial charge in [-0.1, -0.05) is 35.6 Å². The van der Waals surface area contributed by atoms with Crippen molar-refractivity contribution < 1.29 is 28.2 Å². The molecule has 0 saturated carbocycles.